The largest absolute Gasteiger partial charge is 0.334 e. The van der Waals surface area contributed by atoms with Crippen molar-refractivity contribution < 1.29 is 19.2 Å². The monoisotopic (exact) mass is 342 g/mol. The summed E-state index contributed by atoms with van der Waals surface area (Å²) < 4.78 is 0. The molecule has 0 N–H and O–H groups in total. The zero-order chi connectivity index (χ0) is 16.6. The molecule has 0 spiro atoms. The Bertz CT molecular complexity index is 687. The molecule has 6 nitrogen and oxygen atoms in total. The highest BCUT2D eigenvalue weighted by molar-refractivity contribution is 6.45. The van der Waals surface area contributed by atoms with E-state index in [0.717, 1.165) is 4.90 Å². The molecule has 1 aliphatic rings. The first kappa shape index (κ1) is 16.5. The molecular formula is C14H12Cl2N2O4. The normalized spacial score (nSPS) is 15.2. The molecule has 0 unspecified atom stereocenters. The van der Waals surface area contributed by atoms with Gasteiger partial charge in [0.25, 0.3) is 0 Å². The molecule has 1 aromatic rings. The molecule has 1 heterocycles. The molecule has 0 aromatic heterocycles. The van der Waals surface area contributed by atoms with Crippen molar-refractivity contribution in [2.75, 3.05) is 6.54 Å². The minimum Gasteiger partial charge on any atom is -0.292 e. The van der Waals surface area contributed by atoms with Crippen LogP contribution in [0.5, 0.6) is 0 Å². The Hall–Kier alpha value is -1.92. The summed E-state index contributed by atoms with van der Waals surface area (Å²) in [6, 6.07) is 2.96. The van der Waals surface area contributed by atoms with Crippen LogP contribution in [0.2, 0.25) is 10.0 Å². The number of urea groups is 1. The van der Waals surface area contributed by atoms with E-state index in [1.807, 2.05) is 0 Å². The van der Waals surface area contributed by atoms with Gasteiger partial charge in [0.1, 0.15) is 0 Å². The summed E-state index contributed by atoms with van der Waals surface area (Å²) >= 11 is 11.6. The average molecular weight is 343 g/mol. The van der Waals surface area contributed by atoms with Crippen LogP contribution in [0.3, 0.4) is 0 Å². The lowest BCUT2D eigenvalue weighted by molar-refractivity contribution is -0.143. The number of carbonyl (C=O) groups excluding carboxylic acids is 4. The second-order valence-electron chi connectivity index (χ2n) is 4.99. The van der Waals surface area contributed by atoms with E-state index in [1.54, 1.807) is 13.8 Å². The maximum absolute atomic E-state index is 12.2. The SMILES string of the molecule is CC(C)N1C(=O)C(=O)N(CC(=O)c2ccc(Cl)c(Cl)c2)C1=O. The smallest absolute Gasteiger partial charge is 0.292 e. The Labute approximate surface area is 136 Å². The fourth-order valence-electron chi connectivity index (χ4n) is 2.02. The Morgan fingerprint density at radius 2 is 1.73 bits per heavy atom. The average Bonchev–Trinajstić information content (AvgIpc) is 2.65. The number of amides is 4. The number of nitrogens with zero attached hydrogens (tertiary/aromatic N) is 2. The molecule has 2 rings (SSSR count). The van der Waals surface area contributed by atoms with Crippen molar-refractivity contribution in [2.45, 2.75) is 19.9 Å². The molecule has 1 fully saturated rings. The van der Waals surface area contributed by atoms with Crippen molar-refractivity contribution in [1.29, 1.82) is 0 Å². The van der Waals surface area contributed by atoms with E-state index in [9.17, 15) is 19.2 Å². The number of hydrogen-bond donors (Lipinski definition) is 0. The van der Waals surface area contributed by atoms with Gasteiger partial charge in [-0.3, -0.25) is 19.3 Å². The quantitative estimate of drug-likeness (QED) is 0.478. The molecule has 4 amide bonds. The maximum atomic E-state index is 12.2. The molecule has 1 aliphatic heterocycles. The fourth-order valence-corrected chi connectivity index (χ4v) is 2.32. The molecule has 0 aliphatic carbocycles. The summed E-state index contributed by atoms with van der Waals surface area (Å²) in [6.45, 7) is 2.69. The standard InChI is InChI=1S/C14H12Cl2N2O4/c1-7(2)18-13(21)12(20)17(14(18)22)6-11(19)8-3-4-9(15)10(16)5-8/h3-5,7H,6H2,1-2H3. The van der Waals surface area contributed by atoms with Gasteiger partial charge in [-0.05, 0) is 32.0 Å². The molecule has 0 radical (unpaired) electrons. The van der Waals surface area contributed by atoms with E-state index in [1.165, 1.54) is 18.2 Å². The molecule has 116 valence electrons. The Kier molecular flexibility index (Phi) is 4.53. The summed E-state index contributed by atoms with van der Waals surface area (Å²) in [5, 5.41) is 0.471. The van der Waals surface area contributed by atoms with Crippen molar-refractivity contribution in [3.63, 3.8) is 0 Å². The molecular weight excluding hydrogens is 331 g/mol. The molecule has 0 atom stereocenters. The molecule has 0 bridgehead atoms. The van der Waals surface area contributed by atoms with Crippen LogP contribution >= 0.6 is 23.2 Å². The Morgan fingerprint density at radius 3 is 2.23 bits per heavy atom. The van der Waals surface area contributed by atoms with Gasteiger partial charge in [0.15, 0.2) is 5.78 Å². The van der Waals surface area contributed by atoms with Crippen LogP contribution < -0.4 is 0 Å². The van der Waals surface area contributed by atoms with Crippen LogP contribution in [-0.2, 0) is 9.59 Å². The summed E-state index contributed by atoms with van der Waals surface area (Å²) in [6.07, 6.45) is 0. The minimum atomic E-state index is -1.01. The van der Waals surface area contributed by atoms with Gasteiger partial charge in [0.2, 0.25) is 0 Å². The van der Waals surface area contributed by atoms with Crippen molar-refractivity contribution in [3.05, 3.63) is 33.8 Å². The van der Waals surface area contributed by atoms with Crippen LogP contribution in [0.1, 0.15) is 24.2 Å². The van der Waals surface area contributed by atoms with Crippen LogP contribution in [0, 0.1) is 0 Å². The second kappa shape index (κ2) is 6.06. The van der Waals surface area contributed by atoms with E-state index in [0.29, 0.717) is 4.90 Å². The lowest BCUT2D eigenvalue weighted by Crippen LogP contribution is -2.39. The minimum absolute atomic E-state index is 0.187. The first-order valence-corrected chi connectivity index (χ1v) is 7.17. The van der Waals surface area contributed by atoms with Crippen LogP contribution in [0.15, 0.2) is 18.2 Å². The van der Waals surface area contributed by atoms with Gasteiger partial charge >= 0.3 is 17.8 Å². The van der Waals surface area contributed by atoms with Crippen LogP contribution in [0.4, 0.5) is 4.79 Å². The van der Waals surface area contributed by atoms with E-state index in [-0.39, 0.29) is 15.6 Å². The second-order valence-corrected chi connectivity index (χ2v) is 5.81. The first-order valence-electron chi connectivity index (χ1n) is 6.41. The summed E-state index contributed by atoms with van der Waals surface area (Å²) in [5.41, 5.74) is 0.199. The number of imide groups is 2. The van der Waals surface area contributed by atoms with Crippen molar-refractivity contribution in [2.24, 2.45) is 0 Å². The fraction of sp³-hybridized carbons (Fsp3) is 0.286. The Balaban J connectivity index is 2.21. The molecule has 22 heavy (non-hydrogen) atoms. The summed E-state index contributed by atoms with van der Waals surface area (Å²) in [4.78, 5) is 49.3. The first-order chi connectivity index (χ1) is 10.2. The third-order valence-corrected chi connectivity index (χ3v) is 3.88. The van der Waals surface area contributed by atoms with Gasteiger partial charge in [-0.15, -0.1) is 0 Å². The van der Waals surface area contributed by atoms with Crippen molar-refractivity contribution in [1.82, 2.24) is 9.80 Å². The number of ketones is 1. The lowest BCUT2D eigenvalue weighted by Gasteiger charge is -2.18. The molecule has 8 heteroatoms. The highest BCUT2D eigenvalue weighted by Crippen LogP contribution is 2.23. The number of carbonyl (C=O) groups is 4. The molecule has 1 aromatic carbocycles. The highest BCUT2D eigenvalue weighted by atomic mass is 35.5. The van der Waals surface area contributed by atoms with Crippen molar-refractivity contribution >= 4 is 46.8 Å². The van der Waals surface area contributed by atoms with Gasteiger partial charge in [-0.25, -0.2) is 9.69 Å². The third-order valence-electron chi connectivity index (χ3n) is 3.14. The van der Waals surface area contributed by atoms with E-state index in [4.69, 9.17) is 23.2 Å². The lowest BCUT2D eigenvalue weighted by atomic mass is 10.1. The van der Waals surface area contributed by atoms with Crippen LogP contribution in [0.25, 0.3) is 0 Å². The predicted octanol–water partition coefficient (Wildman–Crippen LogP) is 2.38. The summed E-state index contributed by atoms with van der Waals surface area (Å²) in [7, 11) is 0. The molecule has 1 saturated heterocycles. The highest BCUT2D eigenvalue weighted by Gasteiger charge is 2.46. The maximum Gasteiger partial charge on any atom is 0.334 e. The van der Waals surface area contributed by atoms with Crippen LogP contribution in [-0.4, -0.2) is 46.0 Å². The zero-order valence-electron chi connectivity index (χ0n) is 11.8. The Morgan fingerprint density at radius 1 is 1.09 bits per heavy atom. The number of benzene rings is 1. The topological polar surface area (TPSA) is 74.8 Å². The zero-order valence-corrected chi connectivity index (χ0v) is 13.3. The van der Waals surface area contributed by atoms with E-state index >= 15 is 0 Å². The molecule has 0 saturated carbocycles. The third kappa shape index (κ3) is 2.84. The number of Topliss-reactive ketones (excluding diaryl/α,β-unsaturated/α-hetero) is 1. The summed E-state index contributed by atoms with van der Waals surface area (Å²) in [5.74, 6) is -2.45. The van der Waals surface area contributed by atoms with E-state index in [2.05, 4.69) is 0 Å². The predicted molar refractivity (Wildman–Crippen MR) is 79.9 cm³/mol. The van der Waals surface area contributed by atoms with Gasteiger partial charge in [0.05, 0.1) is 16.6 Å². The van der Waals surface area contributed by atoms with Crippen molar-refractivity contribution in [3.8, 4) is 0 Å². The van der Waals surface area contributed by atoms with Gasteiger partial charge in [-0.2, -0.15) is 0 Å². The number of halogens is 2. The van der Waals surface area contributed by atoms with Gasteiger partial charge < -0.3 is 0 Å². The number of hydrogen-bond acceptors (Lipinski definition) is 4. The van der Waals surface area contributed by atoms with Gasteiger partial charge in [-0.1, -0.05) is 23.2 Å². The van der Waals surface area contributed by atoms with Gasteiger partial charge in [0, 0.05) is 11.6 Å². The number of rotatable bonds is 4. The van der Waals surface area contributed by atoms with E-state index < -0.39 is 36.2 Å².